The second-order valence-corrected chi connectivity index (χ2v) is 6.74. The molecule has 3 aromatic rings. The van der Waals surface area contributed by atoms with Gasteiger partial charge in [0.15, 0.2) is 11.6 Å². The molecule has 0 radical (unpaired) electrons. The minimum atomic E-state index is -0.0565. The molecule has 31 heavy (non-hydrogen) atoms. The highest BCUT2D eigenvalue weighted by Crippen LogP contribution is 2.33. The summed E-state index contributed by atoms with van der Waals surface area (Å²) in [5.74, 6) is -0.0975. The second-order valence-electron chi connectivity index (χ2n) is 6.74. The average Bonchev–Trinajstić information content (AvgIpc) is 2.79. The van der Waals surface area contributed by atoms with E-state index in [-0.39, 0.29) is 45.5 Å². The Kier molecular flexibility index (Phi) is 8.54. The molecule has 1 aromatic carbocycles. The highest BCUT2D eigenvalue weighted by atomic mass is 79.9. The summed E-state index contributed by atoms with van der Waals surface area (Å²) >= 11 is 0. The van der Waals surface area contributed by atoms with Crippen molar-refractivity contribution in [2.75, 3.05) is 0 Å². The first kappa shape index (κ1) is 24.3. The SMILES string of the molecule is Br.Br.C=C1C=CC2=C(C1)C(=O)c1ccccc1C2=O.c1cc(-c2ccncc2)ccn1. The predicted octanol–water partition coefficient (Wildman–Crippen LogP) is 6.18. The molecule has 0 atom stereocenters. The molecule has 0 spiro atoms. The zero-order chi connectivity index (χ0) is 20.2. The number of carbonyl (C=O) groups excluding carboxylic acids is 2. The third kappa shape index (κ3) is 5.21. The van der Waals surface area contributed by atoms with E-state index in [9.17, 15) is 9.59 Å². The molecule has 2 aromatic heterocycles. The number of aromatic nitrogens is 2. The number of Topliss-reactive ketones (excluding diaryl/α,β-unsaturated/α-hetero) is 2. The first-order valence-electron chi connectivity index (χ1n) is 9.23. The van der Waals surface area contributed by atoms with Crippen molar-refractivity contribution < 1.29 is 9.59 Å². The van der Waals surface area contributed by atoms with Gasteiger partial charge < -0.3 is 0 Å². The number of nitrogens with zero attached hydrogens (tertiary/aromatic N) is 2. The van der Waals surface area contributed by atoms with Crippen LogP contribution in [-0.2, 0) is 0 Å². The van der Waals surface area contributed by atoms with Crippen molar-refractivity contribution in [3.8, 4) is 11.1 Å². The lowest BCUT2D eigenvalue weighted by Gasteiger charge is -2.22. The Hall–Kier alpha value is -2.96. The summed E-state index contributed by atoms with van der Waals surface area (Å²) in [5.41, 5.74) is 5.35. The minimum Gasteiger partial charge on any atom is -0.289 e. The Labute approximate surface area is 202 Å². The maximum atomic E-state index is 12.3. The van der Waals surface area contributed by atoms with E-state index in [0.717, 1.165) is 5.57 Å². The van der Waals surface area contributed by atoms with Crippen LogP contribution < -0.4 is 0 Å². The van der Waals surface area contributed by atoms with Gasteiger partial charge in [0, 0.05) is 53.5 Å². The first-order chi connectivity index (χ1) is 14.1. The molecule has 2 heterocycles. The number of allylic oxidation sites excluding steroid dienone is 5. The van der Waals surface area contributed by atoms with Crippen LogP contribution in [0.3, 0.4) is 0 Å². The van der Waals surface area contributed by atoms with Gasteiger partial charge in [-0.05, 0) is 35.4 Å². The second kappa shape index (κ2) is 10.9. The van der Waals surface area contributed by atoms with E-state index < -0.39 is 0 Å². The fourth-order valence-electron chi connectivity index (χ4n) is 3.37. The summed E-state index contributed by atoms with van der Waals surface area (Å²) < 4.78 is 0. The quantitative estimate of drug-likeness (QED) is 0.370. The van der Waals surface area contributed by atoms with E-state index >= 15 is 0 Å². The van der Waals surface area contributed by atoms with E-state index in [1.165, 1.54) is 11.1 Å². The number of ketones is 2. The molecule has 156 valence electrons. The Morgan fingerprint density at radius 1 is 0.677 bits per heavy atom. The van der Waals surface area contributed by atoms with Gasteiger partial charge in [-0.2, -0.15) is 0 Å². The molecule has 0 N–H and O–H groups in total. The largest absolute Gasteiger partial charge is 0.289 e. The molecule has 0 unspecified atom stereocenters. The standard InChI is InChI=1S/C15H10O2.C10H8N2.2BrH/c1-9-6-7-12-13(8-9)15(17)11-5-3-2-4-10(11)14(12)16;1-5-11-6-2-9(1)10-3-7-12-8-4-10;;/h2-7H,1,8H2;1-8H;2*1H. The number of carbonyl (C=O) groups is 2. The normalized spacial score (nSPS) is 13.7. The van der Waals surface area contributed by atoms with Crippen LogP contribution in [0.25, 0.3) is 11.1 Å². The number of pyridine rings is 2. The van der Waals surface area contributed by atoms with Crippen LogP contribution in [0.1, 0.15) is 27.1 Å². The maximum Gasteiger partial charge on any atom is 0.194 e. The summed E-state index contributed by atoms with van der Waals surface area (Å²) in [6.45, 7) is 3.84. The lowest BCUT2D eigenvalue weighted by Crippen LogP contribution is -2.22. The Morgan fingerprint density at radius 2 is 1.16 bits per heavy atom. The van der Waals surface area contributed by atoms with E-state index in [4.69, 9.17) is 0 Å². The lowest BCUT2D eigenvalue weighted by molar-refractivity contribution is 0.0975. The van der Waals surface area contributed by atoms with Crippen molar-refractivity contribution >= 4 is 45.5 Å². The van der Waals surface area contributed by atoms with Gasteiger partial charge in [0.2, 0.25) is 0 Å². The Bertz CT molecular complexity index is 1130. The molecule has 0 amide bonds. The number of hydrogen-bond acceptors (Lipinski definition) is 4. The number of halogens is 2. The van der Waals surface area contributed by atoms with E-state index in [2.05, 4.69) is 16.5 Å². The number of rotatable bonds is 1. The molecule has 2 aliphatic rings. The molecule has 4 nitrogen and oxygen atoms in total. The molecule has 0 saturated carbocycles. The van der Waals surface area contributed by atoms with Crippen LogP contribution in [0.4, 0.5) is 0 Å². The van der Waals surface area contributed by atoms with E-state index in [1.54, 1.807) is 61.2 Å². The maximum absolute atomic E-state index is 12.3. The molecular formula is C25H20Br2N2O2. The van der Waals surface area contributed by atoms with Gasteiger partial charge in [0.25, 0.3) is 0 Å². The monoisotopic (exact) mass is 538 g/mol. The van der Waals surface area contributed by atoms with Gasteiger partial charge in [-0.25, -0.2) is 0 Å². The summed E-state index contributed by atoms with van der Waals surface area (Å²) in [4.78, 5) is 32.4. The van der Waals surface area contributed by atoms with Gasteiger partial charge in [-0.15, -0.1) is 34.0 Å². The number of fused-ring (bicyclic) bond motifs is 1. The molecule has 0 saturated heterocycles. The van der Waals surface area contributed by atoms with Gasteiger partial charge >= 0.3 is 0 Å². The van der Waals surface area contributed by atoms with Crippen molar-refractivity contribution in [1.82, 2.24) is 9.97 Å². The van der Waals surface area contributed by atoms with Crippen molar-refractivity contribution in [3.05, 3.63) is 120 Å². The summed E-state index contributed by atoms with van der Waals surface area (Å²) in [5, 5.41) is 0. The third-order valence-electron chi connectivity index (χ3n) is 4.84. The van der Waals surface area contributed by atoms with Crippen LogP contribution in [0, 0.1) is 0 Å². The lowest BCUT2D eigenvalue weighted by atomic mass is 9.79. The topological polar surface area (TPSA) is 59.9 Å². The van der Waals surface area contributed by atoms with Crippen molar-refractivity contribution in [2.24, 2.45) is 0 Å². The number of benzene rings is 1. The van der Waals surface area contributed by atoms with Crippen molar-refractivity contribution in [1.29, 1.82) is 0 Å². The van der Waals surface area contributed by atoms with Crippen LogP contribution in [-0.4, -0.2) is 21.5 Å². The molecule has 6 heteroatoms. The molecule has 0 bridgehead atoms. The smallest absolute Gasteiger partial charge is 0.194 e. The van der Waals surface area contributed by atoms with Gasteiger partial charge in [-0.3, -0.25) is 19.6 Å². The molecule has 2 aliphatic carbocycles. The first-order valence-corrected chi connectivity index (χ1v) is 9.23. The zero-order valence-corrected chi connectivity index (χ0v) is 20.0. The molecule has 5 rings (SSSR count). The van der Waals surface area contributed by atoms with Crippen LogP contribution >= 0.6 is 34.0 Å². The fourth-order valence-corrected chi connectivity index (χ4v) is 3.37. The Balaban J connectivity index is 0.000000218. The zero-order valence-electron chi connectivity index (χ0n) is 16.5. The average molecular weight is 540 g/mol. The van der Waals surface area contributed by atoms with Gasteiger partial charge in [0.1, 0.15) is 0 Å². The minimum absolute atomic E-state index is 0. The number of hydrogen-bond donors (Lipinski definition) is 0. The van der Waals surface area contributed by atoms with Crippen LogP contribution in [0.5, 0.6) is 0 Å². The van der Waals surface area contributed by atoms with Crippen molar-refractivity contribution in [2.45, 2.75) is 6.42 Å². The highest BCUT2D eigenvalue weighted by Gasteiger charge is 2.31. The van der Waals surface area contributed by atoms with Gasteiger partial charge in [0.05, 0.1) is 0 Å². The molecule has 0 aliphatic heterocycles. The Morgan fingerprint density at radius 3 is 1.68 bits per heavy atom. The van der Waals surface area contributed by atoms with E-state index in [0.29, 0.717) is 28.7 Å². The summed E-state index contributed by atoms with van der Waals surface area (Å²) in [6.07, 6.45) is 11.1. The van der Waals surface area contributed by atoms with Crippen molar-refractivity contribution in [3.63, 3.8) is 0 Å². The highest BCUT2D eigenvalue weighted by molar-refractivity contribution is 8.93. The predicted molar refractivity (Wildman–Crippen MR) is 133 cm³/mol. The third-order valence-corrected chi connectivity index (χ3v) is 4.84. The van der Waals surface area contributed by atoms with E-state index in [1.807, 2.05) is 24.3 Å². The summed E-state index contributed by atoms with van der Waals surface area (Å²) in [7, 11) is 0. The summed E-state index contributed by atoms with van der Waals surface area (Å²) in [6, 6.07) is 14.9. The molecule has 0 fully saturated rings. The molecular weight excluding hydrogens is 520 g/mol. The van der Waals surface area contributed by atoms with Gasteiger partial charge in [-0.1, -0.05) is 48.6 Å². The van der Waals surface area contributed by atoms with Crippen LogP contribution in [0.15, 0.2) is 109 Å². The fraction of sp³-hybridized carbons (Fsp3) is 0.0400. The van der Waals surface area contributed by atoms with Crippen LogP contribution in [0.2, 0.25) is 0 Å².